The average molecular weight is 430 g/mol. The molecule has 2 aliphatic rings. The third kappa shape index (κ3) is 2.98. The van der Waals surface area contributed by atoms with Gasteiger partial charge >= 0.3 is 0 Å². The Hall–Kier alpha value is -3.06. The van der Waals surface area contributed by atoms with Gasteiger partial charge in [0.15, 0.2) is 5.65 Å². The second-order valence-corrected chi connectivity index (χ2v) is 9.64. The van der Waals surface area contributed by atoms with E-state index in [1.54, 1.807) is 23.9 Å². The lowest BCUT2D eigenvalue weighted by Gasteiger charge is -2.28. The molecule has 4 aromatic rings. The van der Waals surface area contributed by atoms with Crippen LogP contribution in [0.15, 0.2) is 30.7 Å². The second-order valence-electron chi connectivity index (χ2n) is 8.53. The number of carbonyl (C=O) groups is 1. The third-order valence-corrected chi connectivity index (χ3v) is 8.09. The van der Waals surface area contributed by atoms with Crippen molar-refractivity contribution in [2.75, 3.05) is 0 Å². The first kappa shape index (κ1) is 18.7. The first-order valence-corrected chi connectivity index (χ1v) is 11.7. The summed E-state index contributed by atoms with van der Waals surface area (Å²) in [4.78, 5) is 23.3. The zero-order chi connectivity index (χ0) is 20.9. The maximum absolute atomic E-state index is 12.3. The minimum Gasteiger partial charge on any atom is -0.365 e. The molecular weight excluding hydrogens is 406 g/mol. The predicted molar refractivity (Wildman–Crippen MR) is 121 cm³/mol. The van der Waals surface area contributed by atoms with Crippen molar-refractivity contribution in [1.82, 2.24) is 20.2 Å². The van der Waals surface area contributed by atoms with E-state index in [4.69, 9.17) is 5.73 Å². The van der Waals surface area contributed by atoms with Crippen LogP contribution in [-0.4, -0.2) is 26.1 Å². The molecule has 2 aliphatic carbocycles. The fraction of sp³-hybridized carbons (Fsp3) is 0.333. The van der Waals surface area contributed by atoms with Crippen LogP contribution < -0.4 is 5.73 Å². The van der Waals surface area contributed by atoms with Crippen molar-refractivity contribution in [1.29, 1.82) is 0 Å². The fourth-order valence-corrected chi connectivity index (χ4v) is 6.70. The molecule has 1 atom stereocenters. The van der Waals surface area contributed by atoms with Gasteiger partial charge in [-0.15, -0.1) is 11.3 Å². The highest BCUT2D eigenvalue weighted by molar-refractivity contribution is 7.14. The number of nitrogens with one attached hydrogen (secondary N) is 1. The largest absolute Gasteiger partial charge is 0.365 e. The molecule has 0 aliphatic heterocycles. The van der Waals surface area contributed by atoms with Gasteiger partial charge < -0.3 is 5.73 Å². The number of fused-ring (bicyclic) bond motifs is 3. The van der Waals surface area contributed by atoms with Crippen LogP contribution in [0.1, 0.15) is 68.4 Å². The maximum Gasteiger partial charge on any atom is 0.259 e. The van der Waals surface area contributed by atoms with E-state index in [2.05, 4.69) is 38.4 Å². The summed E-state index contributed by atoms with van der Waals surface area (Å²) in [5.74, 6) is -0.0285. The Morgan fingerprint density at radius 2 is 2.03 bits per heavy atom. The summed E-state index contributed by atoms with van der Waals surface area (Å²) in [6.45, 7) is 0. The Morgan fingerprint density at radius 3 is 2.94 bits per heavy atom. The van der Waals surface area contributed by atoms with E-state index in [9.17, 15) is 4.79 Å². The zero-order valence-electron chi connectivity index (χ0n) is 17.1. The summed E-state index contributed by atoms with van der Waals surface area (Å²) in [5, 5.41) is 7.97. The van der Waals surface area contributed by atoms with Crippen LogP contribution in [0.3, 0.4) is 0 Å². The number of carbonyl (C=O) groups excluding carboxylic acids is 1. The number of aromatic nitrogens is 4. The summed E-state index contributed by atoms with van der Waals surface area (Å²) < 4.78 is 0. The van der Waals surface area contributed by atoms with Crippen molar-refractivity contribution in [3.05, 3.63) is 62.7 Å². The lowest BCUT2D eigenvalue weighted by Crippen LogP contribution is -2.18. The van der Waals surface area contributed by atoms with Gasteiger partial charge in [-0.05, 0) is 73.3 Å². The van der Waals surface area contributed by atoms with Crippen LogP contribution in [0.5, 0.6) is 0 Å². The molecule has 31 heavy (non-hydrogen) atoms. The van der Waals surface area contributed by atoms with Gasteiger partial charge in [0, 0.05) is 16.4 Å². The van der Waals surface area contributed by atoms with Gasteiger partial charge in [-0.3, -0.25) is 9.89 Å². The predicted octanol–water partition coefficient (Wildman–Crippen LogP) is 4.53. The summed E-state index contributed by atoms with van der Waals surface area (Å²) in [6.07, 6.45) is 11.1. The molecule has 1 unspecified atom stereocenters. The minimum absolute atomic E-state index is 0.248. The summed E-state index contributed by atoms with van der Waals surface area (Å²) >= 11 is 1.64. The Balaban J connectivity index is 1.47. The Labute approximate surface area is 183 Å². The lowest BCUT2D eigenvalue weighted by atomic mass is 9.75. The van der Waals surface area contributed by atoms with Crippen molar-refractivity contribution in [3.63, 3.8) is 0 Å². The van der Waals surface area contributed by atoms with E-state index in [1.807, 2.05) is 0 Å². The van der Waals surface area contributed by atoms with E-state index in [1.165, 1.54) is 40.0 Å². The number of hydrogen-bond donors (Lipinski definition) is 2. The van der Waals surface area contributed by atoms with Crippen LogP contribution in [0, 0.1) is 0 Å². The Kier molecular flexibility index (Phi) is 4.38. The van der Waals surface area contributed by atoms with E-state index in [0.29, 0.717) is 0 Å². The second kappa shape index (κ2) is 7.27. The molecule has 3 heterocycles. The van der Waals surface area contributed by atoms with Gasteiger partial charge in [0.25, 0.3) is 5.91 Å². The normalized spacial score (nSPS) is 18.0. The zero-order valence-corrected chi connectivity index (χ0v) is 18.0. The molecule has 3 N–H and O–H groups in total. The van der Waals surface area contributed by atoms with Crippen LogP contribution >= 0.6 is 11.3 Å². The van der Waals surface area contributed by atoms with E-state index < -0.39 is 0 Å². The smallest absolute Gasteiger partial charge is 0.259 e. The average Bonchev–Trinajstić information content (AvgIpc) is 3.43. The van der Waals surface area contributed by atoms with Gasteiger partial charge in [0.2, 0.25) is 0 Å². The highest BCUT2D eigenvalue weighted by Gasteiger charge is 2.32. The number of nitrogens with zero attached hydrogens (tertiary/aromatic N) is 3. The lowest BCUT2D eigenvalue weighted by molar-refractivity contribution is 0.100. The van der Waals surface area contributed by atoms with Crippen LogP contribution in [-0.2, 0) is 19.3 Å². The van der Waals surface area contributed by atoms with Crippen molar-refractivity contribution < 1.29 is 4.79 Å². The summed E-state index contributed by atoms with van der Waals surface area (Å²) in [5.41, 5.74) is 13.9. The number of amides is 1. The molecule has 0 bridgehead atoms. The molecule has 0 saturated carbocycles. The standard InChI is InChI=1S/C24H23N5OS/c25-23(30)22-20(17-5-1-2-7-19(17)31-22)16-6-3-4-13-10-14(8-9-15(13)16)21-18-11-28-29-24(18)27-12-26-21/h8-12,16H,1-7H2,(H2,25,30)(H,26,27,28,29). The molecule has 1 aromatic carbocycles. The molecule has 6 rings (SSSR count). The Morgan fingerprint density at radius 1 is 1.13 bits per heavy atom. The number of thiophene rings is 1. The highest BCUT2D eigenvalue weighted by Crippen LogP contribution is 2.46. The third-order valence-electron chi connectivity index (χ3n) is 6.76. The number of aryl methyl sites for hydroxylation is 2. The fourth-order valence-electron chi connectivity index (χ4n) is 5.40. The molecule has 0 radical (unpaired) electrons. The molecular formula is C24H23N5OS. The van der Waals surface area contributed by atoms with Crippen molar-refractivity contribution in [3.8, 4) is 11.3 Å². The minimum atomic E-state index is -0.276. The van der Waals surface area contributed by atoms with Gasteiger partial charge in [0.1, 0.15) is 6.33 Å². The van der Waals surface area contributed by atoms with Crippen LogP contribution in [0.25, 0.3) is 22.3 Å². The molecule has 0 fully saturated rings. The monoisotopic (exact) mass is 429 g/mol. The first-order chi connectivity index (χ1) is 15.2. The SMILES string of the molecule is NC(=O)c1sc2c(c1C1CCCc3cc(-c4ncnc5[nH]ncc45)ccc31)CCCC2. The number of primary amides is 1. The van der Waals surface area contributed by atoms with Crippen LogP contribution in [0.4, 0.5) is 0 Å². The van der Waals surface area contributed by atoms with Gasteiger partial charge in [0.05, 0.1) is 22.2 Å². The first-order valence-electron chi connectivity index (χ1n) is 10.9. The van der Waals surface area contributed by atoms with E-state index in [-0.39, 0.29) is 11.8 Å². The van der Waals surface area contributed by atoms with Gasteiger partial charge in [-0.25, -0.2) is 9.97 Å². The van der Waals surface area contributed by atoms with Crippen molar-refractivity contribution in [2.24, 2.45) is 5.73 Å². The quantitative estimate of drug-likeness (QED) is 0.500. The molecule has 3 aromatic heterocycles. The highest BCUT2D eigenvalue weighted by atomic mass is 32.1. The van der Waals surface area contributed by atoms with Crippen molar-refractivity contribution in [2.45, 2.75) is 50.9 Å². The molecule has 7 heteroatoms. The summed E-state index contributed by atoms with van der Waals surface area (Å²) in [6, 6.07) is 6.65. The Bertz CT molecular complexity index is 1320. The topological polar surface area (TPSA) is 97.5 Å². The van der Waals surface area contributed by atoms with Gasteiger partial charge in [-0.1, -0.05) is 12.1 Å². The number of benzene rings is 1. The van der Waals surface area contributed by atoms with Crippen LogP contribution in [0.2, 0.25) is 0 Å². The maximum atomic E-state index is 12.3. The van der Waals surface area contributed by atoms with E-state index >= 15 is 0 Å². The molecule has 6 nitrogen and oxygen atoms in total. The number of nitrogens with two attached hydrogens (primary N) is 1. The van der Waals surface area contributed by atoms with Crippen molar-refractivity contribution >= 4 is 28.3 Å². The molecule has 156 valence electrons. The summed E-state index contributed by atoms with van der Waals surface area (Å²) in [7, 11) is 0. The number of rotatable bonds is 3. The number of H-pyrrole nitrogens is 1. The molecule has 1 amide bonds. The van der Waals surface area contributed by atoms with E-state index in [0.717, 1.165) is 59.3 Å². The number of hydrogen-bond acceptors (Lipinski definition) is 5. The van der Waals surface area contributed by atoms with Gasteiger partial charge in [-0.2, -0.15) is 5.10 Å². The molecule has 0 saturated heterocycles. The number of aromatic amines is 1. The molecule has 0 spiro atoms.